The lowest BCUT2D eigenvalue weighted by Gasteiger charge is -2.04. The van der Waals surface area contributed by atoms with Crippen molar-refractivity contribution in [2.45, 2.75) is 39.7 Å². The summed E-state index contributed by atoms with van der Waals surface area (Å²) < 4.78 is 20.6. The van der Waals surface area contributed by atoms with Crippen LogP contribution in [-0.2, 0) is 24.2 Å². The van der Waals surface area contributed by atoms with Crippen LogP contribution in [0.2, 0.25) is 0 Å². The molecule has 0 saturated carbocycles. The van der Waals surface area contributed by atoms with Crippen molar-refractivity contribution in [3.8, 4) is 11.6 Å². The molecule has 0 radical (unpaired) electrons. The molecular weight excluding hydrogens is 349 g/mol. The first kappa shape index (κ1) is 18.8. The molecule has 2 heterocycles. The van der Waals surface area contributed by atoms with Gasteiger partial charge in [0.1, 0.15) is 11.5 Å². The number of carbonyl (C=O) groups excluding carboxylic acids is 1. The maximum absolute atomic E-state index is 13.1. The van der Waals surface area contributed by atoms with Gasteiger partial charge in [-0.1, -0.05) is 12.1 Å². The number of benzene rings is 1. The molecule has 0 fully saturated rings. The maximum Gasteiger partial charge on any atom is 0.265 e. The van der Waals surface area contributed by atoms with Crippen LogP contribution in [0.5, 0.6) is 0 Å². The van der Waals surface area contributed by atoms with Gasteiger partial charge in [-0.3, -0.25) is 9.48 Å². The molecule has 8 heteroatoms. The third-order valence-electron chi connectivity index (χ3n) is 4.08. The van der Waals surface area contributed by atoms with Crippen molar-refractivity contribution in [3.63, 3.8) is 0 Å². The highest BCUT2D eigenvalue weighted by Crippen LogP contribution is 2.19. The lowest BCUT2D eigenvalue weighted by Crippen LogP contribution is -2.25. The number of aryl methyl sites for hydroxylation is 3. The molecule has 0 aliphatic rings. The van der Waals surface area contributed by atoms with E-state index in [9.17, 15) is 9.18 Å². The Morgan fingerprint density at radius 2 is 2.11 bits per heavy atom. The molecular formula is C19H22FN5O2. The van der Waals surface area contributed by atoms with Gasteiger partial charge in [0.15, 0.2) is 0 Å². The molecule has 0 spiro atoms. The zero-order chi connectivity index (χ0) is 19.2. The molecule has 1 N–H and O–H groups in total. The van der Waals surface area contributed by atoms with Gasteiger partial charge in [-0.2, -0.15) is 5.10 Å². The predicted octanol–water partition coefficient (Wildman–Crippen LogP) is 2.69. The topological polar surface area (TPSA) is 85.8 Å². The van der Waals surface area contributed by atoms with E-state index in [2.05, 4.69) is 20.6 Å². The highest BCUT2D eigenvalue weighted by Gasteiger charge is 2.15. The van der Waals surface area contributed by atoms with Crippen LogP contribution in [0.15, 0.2) is 34.7 Å². The minimum absolute atomic E-state index is 0.111. The second kappa shape index (κ2) is 8.57. The van der Waals surface area contributed by atoms with Gasteiger partial charge in [-0.25, -0.2) is 4.39 Å². The molecule has 3 rings (SSSR count). The summed E-state index contributed by atoms with van der Waals surface area (Å²) in [7, 11) is 0. The Balaban J connectivity index is 1.47. The highest BCUT2D eigenvalue weighted by molar-refractivity contribution is 5.76. The minimum Gasteiger partial charge on any atom is -0.419 e. The quantitative estimate of drug-likeness (QED) is 0.658. The molecule has 2 aromatic heterocycles. The van der Waals surface area contributed by atoms with Crippen molar-refractivity contribution in [1.82, 2.24) is 25.3 Å². The fraction of sp³-hybridized carbons (Fsp3) is 0.368. The Bertz CT molecular complexity index is 918. The van der Waals surface area contributed by atoms with Crippen LogP contribution in [0.3, 0.4) is 0 Å². The van der Waals surface area contributed by atoms with E-state index in [1.54, 1.807) is 10.7 Å². The van der Waals surface area contributed by atoms with E-state index in [0.29, 0.717) is 37.7 Å². The van der Waals surface area contributed by atoms with Gasteiger partial charge in [0.2, 0.25) is 11.8 Å². The van der Waals surface area contributed by atoms with Gasteiger partial charge in [0.25, 0.3) is 5.89 Å². The third kappa shape index (κ3) is 4.99. The smallest absolute Gasteiger partial charge is 0.265 e. The van der Waals surface area contributed by atoms with Crippen molar-refractivity contribution in [3.05, 3.63) is 53.3 Å². The number of hydrogen-bond acceptors (Lipinski definition) is 5. The third-order valence-corrected chi connectivity index (χ3v) is 4.08. The summed E-state index contributed by atoms with van der Waals surface area (Å²) in [6, 6.07) is 8.24. The van der Waals surface area contributed by atoms with E-state index >= 15 is 0 Å². The first-order valence-corrected chi connectivity index (χ1v) is 8.93. The van der Waals surface area contributed by atoms with Gasteiger partial charge >= 0.3 is 0 Å². The van der Waals surface area contributed by atoms with E-state index in [0.717, 1.165) is 17.0 Å². The molecule has 0 saturated heterocycles. The Labute approximate surface area is 156 Å². The second-order valence-electron chi connectivity index (χ2n) is 6.22. The van der Waals surface area contributed by atoms with Crippen LogP contribution < -0.4 is 5.32 Å². The number of hydrogen-bond donors (Lipinski definition) is 1. The number of nitrogens with zero attached hydrogens (tertiary/aromatic N) is 4. The molecule has 1 amide bonds. The largest absolute Gasteiger partial charge is 0.419 e. The minimum atomic E-state index is -0.273. The number of carbonyl (C=O) groups is 1. The van der Waals surface area contributed by atoms with Gasteiger partial charge in [0, 0.05) is 25.9 Å². The summed E-state index contributed by atoms with van der Waals surface area (Å²) in [5.74, 6) is 0.428. The summed E-state index contributed by atoms with van der Waals surface area (Å²) in [6.45, 7) is 5.05. The Kier molecular flexibility index (Phi) is 5.95. The lowest BCUT2D eigenvalue weighted by atomic mass is 10.1. The van der Waals surface area contributed by atoms with Gasteiger partial charge in [-0.05, 0) is 44.0 Å². The van der Waals surface area contributed by atoms with E-state index in [1.165, 1.54) is 12.1 Å². The molecule has 7 nitrogen and oxygen atoms in total. The average Bonchev–Trinajstić information content (AvgIpc) is 3.26. The molecule has 0 atom stereocenters. The van der Waals surface area contributed by atoms with Crippen LogP contribution in [0.25, 0.3) is 11.6 Å². The number of amides is 1. The maximum atomic E-state index is 13.1. The van der Waals surface area contributed by atoms with E-state index in [-0.39, 0.29) is 18.1 Å². The summed E-state index contributed by atoms with van der Waals surface area (Å²) in [6.07, 6.45) is 1.18. The molecule has 0 bridgehead atoms. The average molecular weight is 371 g/mol. The first-order chi connectivity index (χ1) is 13.0. The predicted molar refractivity (Wildman–Crippen MR) is 97.4 cm³/mol. The van der Waals surface area contributed by atoms with Crippen LogP contribution in [-0.4, -0.2) is 32.4 Å². The van der Waals surface area contributed by atoms with E-state index in [4.69, 9.17) is 4.42 Å². The van der Waals surface area contributed by atoms with Gasteiger partial charge in [0.05, 0.1) is 5.69 Å². The molecule has 27 heavy (non-hydrogen) atoms. The van der Waals surface area contributed by atoms with Crippen molar-refractivity contribution in [1.29, 1.82) is 0 Å². The summed E-state index contributed by atoms with van der Waals surface area (Å²) in [4.78, 5) is 12.0. The Morgan fingerprint density at radius 1 is 1.26 bits per heavy atom. The molecule has 0 aliphatic carbocycles. The highest BCUT2D eigenvalue weighted by atomic mass is 19.1. The SMILES string of the molecule is CCn1nc(C)cc1-c1nnc(CCC(=O)NCCc2cccc(F)c2)o1. The van der Waals surface area contributed by atoms with Gasteiger partial charge < -0.3 is 9.73 Å². The van der Waals surface area contributed by atoms with E-state index < -0.39 is 0 Å². The molecule has 1 aromatic carbocycles. The number of aromatic nitrogens is 4. The fourth-order valence-corrected chi connectivity index (χ4v) is 2.76. The van der Waals surface area contributed by atoms with Crippen molar-refractivity contribution < 1.29 is 13.6 Å². The van der Waals surface area contributed by atoms with Crippen LogP contribution in [0, 0.1) is 12.7 Å². The van der Waals surface area contributed by atoms with Crippen molar-refractivity contribution in [2.75, 3.05) is 6.54 Å². The number of rotatable bonds is 8. The summed E-state index contributed by atoms with van der Waals surface area (Å²) >= 11 is 0. The first-order valence-electron chi connectivity index (χ1n) is 8.93. The van der Waals surface area contributed by atoms with Crippen LogP contribution in [0.1, 0.15) is 30.5 Å². The Morgan fingerprint density at radius 3 is 2.89 bits per heavy atom. The second-order valence-corrected chi connectivity index (χ2v) is 6.22. The summed E-state index contributed by atoms with van der Waals surface area (Å²) in [5, 5.41) is 15.2. The standard InChI is InChI=1S/C19H22FN5O2/c1-3-25-16(11-13(2)24-25)19-23-22-18(27-19)8-7-17(26)21-10-9-14-5-4-6-15(20)12-14/h4-6,11-12H,3,7-10H2,1-2H3,(H,21,26). The molecule has 142 valence electrons. The van der Waals surface area contributed by atoms with E-state index in [1.807, 2.05) is 26.0 Å². The zero-order valence-electron chi connectivity index (χ0n) is 15.4. The lowest BCUT2D eigenvalue weighted by molar-refractivity contribution is -0.121. The van der Waals surface area contributed by atoms with Crippen molar-refractivity contribution in [2.24, 2.45) is 0 Å². The molecule has 0 unspecified atom stereocenters. The number of nitrogens with one attached hydrogen (secondary N) is 1. The van der Waals surface area contributed by atoms with Gasteiger partial charge in [-0.15, -0.1) is 10.2 Å². The van der Waals surface area contributed by atoms with Crippen molar-refractivity contribution >= 4 is 5.91 Å². The fourth-order valence-electron chi connectivity index (χ4n) is 2.76. The Hall–Kier alpha value is -3.03. The monoisotopic (exact) mass is 371 g/mol. The number of halogens is 1. The zero-order valence-corrected chi connectivity index (χ0v) is 15.4. The van der Waals surface area contributed by atoms with Crippen LogP contribution in [0.4, 0.5) is 4.39 Å². The molecule has 0 aliphatic heterocycles. The molecule has 3 aromatic rings. The summed E-state index contributed by atoms with van der Waals surface area (Å²) in [5.41, 5.74) is 2.50. The van der Waals surface area contributed by atoms with Crippen LogP contribution >= 0.6 is 0 Å². The normalized spacial score (nSPS) is 10.9.